The summed E-state index contributed by atoms with van der Waals surface area (Å²) >= 11 is 0. The Morgan fingerprint density at radius 3 is 1.92 bits per heavy atom. The molecule has 0 aromatic heterocycles. The second kappa shape index (κ2) is 6.90. The van der Waals surface area contributed by atoms with Crippen LogP contribution in [-0.4, -0.2) is 5.78 Å². The summed E-state index contributed by atoms with van der Waals surface area (Å²) in [7, 11) is 0. The molecule has 0 N–H and O–H groups in total. The van der Waals surface area contributed by atoms with Crippen molar-refractivity contribution < 1.29 is 4.79 Å². The predicted molar refractivity (Wildman–Crippen MR) is 102 cm³/mol. The third kappa shape index (κ3) is 3.32. The van der Waals surface area contributed by atoms with Crippen molar-refractivity contribution in [3.05, 3.63) is 114 Å². The Morgan fingerprint density at radius 1 is 0.720 bits per heavy atom. The molecule has 0 bridgehead atoms. The Bertz CT molecular complexity index is 866. The molecule has 3 aromatic rings. The van der Waals surface area contributed by atoms with Gasteiger partial charge in [-0.05, 0) is 17.0 Å². The van der Waals surface area contributed by atoms with E-state index in [2.05, 4.69) is 48.6 Å². The standard InChI is InChI=1S/C24H20O/c25-24(20-14-8-3-9-15-20)23-21(17-16-18-10-4-1-5-11-18)22(23)19-12-6-2-7-13-19/h1-17,21-23H/b17-16+/t21-,22-,23-/m0/s1. The van der Waals surface area contributed by atoms with Gasteiger partial charge >= 0.3 is 0 Å². The Kier molecular flexibility index (Phi) is 4.30. The highest BCUT2D eigenvalue weighted by Gasteiger charge is 2.53. The van der Waals surface area contributed by atoms with Crippen molar-refractivity contribution >= 4 is 11.9 Å². The van der Waals surface area contributed by atoms with Crippen LogP contribution in [-0.2, 0) is 0 Å². The van der Waals surface area contributed by atoms with Crippen LogP contribution in [0, 0.1) is 11.8 Å². The second-order valence-corrected chi connectivity index (χ2v) is 6.54. The van der Waals surface area contributed by atoms with Crippen LogP contribution < -0.4 is 0 Å². The first-order valence-electron chi connectivity index (χ1n) is 8.72. The van der Waals surface area contributed by atoms with Crippen molar-refractivity contribution in [2.45, 2.75) is 5.92 Å². The van der Waals surface area contributed by atoms with E-state index < -0.39 is 0 Å². The third-order valence-corrected chi connectivity index (χ3v) is 4.93. The zero-order valence-electron chi connectivity index (χ0n) is 14.0. The minimum Gasteiger partial charge on any atom is -0.294 e. The summed E-state index contributed by atoms with van der Waals surface area (Å²) in [5, 5.41) is 0. The minimum absolute atomic E-state index is 0.0322. The van der Waals surface area contributed by atoms with E-state index in [4.69, 9.17) is 0 Å². The molecule has 122 valence electrons. The fraction of sp³-hybridized carbons (Fsp3) is 0.125. The summed E-state index contributed by atoms with van der Waals surface area (Å²) in [6, 6.07) is 30.3. The molecule has 1 fully saturated rings. The van der Waals surface area contributed by atoms with Crippen LogP contribution in [0.15, 0.2) is 97.1 Å². The predicted octanol–water partition coefficient (Wildman–Crippen LogP) is 5.61. The lowest BCUT2D eigenvalue weighted by Crippen LogP contribution is -2.03. The van der Waals surface area contributed by atoms with Gasteiger partial charge < -0.3 is 0 Å². The monoisotopic (exact) mass is 324 g/mol. The van der Waals surface area contributed by atoms with E-state index in [0.29, 0.717) is 0 Å². The smallest absolute Gasteiger partial charge is 0.167 e. The Morgan fingerprint density at radius 2 is 1.28 bits per heavy atom. The van der Waals surface area contributed by atoms with Crippen LogP contribution in [0.2, 0.25) is 0 Å². The zero-order chi connectivity index (χ0) is 17.1. The highest BCUT2D eigenvalue weighted by Crippen LogP contribution is 2.56. The van der Waals surface area contributed by atoms with Gasteiger partial charge in [-0.1, -0.05) is 103 Å². The molecule has 1 saturated carbocycles. The van der Waals surface area contributed by atoms with Gasteiger partial charge in [0, 0.05) is 17.4 Å². The summed E-state index contributed by atoms with van der Waals surface area (Å²) in [6.45, 7) is 0. The lowest BCUT2D eigenvalue weighted by Gasteiger charge is -2.00. The first-order valence-corrected chi connectivity index (χ1v) is 8.72. The van der Waals surface area contributed by atoms with Crippen molar-refractivity contribution in [2.75, 3.05) is 0 Å². The number of carbonyl (C=O) groups is 1. The molecule has 0 saturated heterocycles. The normalized spacial score (nSPS) is 22.0. The molecule has 1 heteroatoms. The Balaban J connectivity index is 1.61. The maximum atomic E-state index is 13.0. The van der Waals surface area contributed by atoms with Gasteiger partial charge in [-0.3, -0.25) is 4.79 Å². The van der Waals surface area contributed by atoms with Crippen molar-refractivity contribution in [3.8, 4) is 0 Å². The van der Waals surface area contributed by atoms with Crippen molar-refractivity contribution in [3.63, 3.8) is 0 Å². The molecule has 4 rings (SSSR count). The molecular formula is C24H20O. The number of hydrogen-bond acceptors (Lipinski definition) is 1. The topological polar surface area (TPSA) is 17.1 Å². The maximum Gasteiger partial charge on any atom is 0.167 e. The second-order valence-electron chi connectivity index (χ2n) is 6.54. The molecular weight excluding hydrogens is 304 g/mol. The molecule has 25 heavy (non-hydrogen) atoms. The van der Waals surface area contributed by atoms with E-state index in [0.717, 1.165) is 5.56 Å². The highest BCUT2D eigenvalue weighted by atomic mass is 16.1. The van der Waals surface area contributed by atoms with E-state index in [1.165, 1.54) is 11.1 Å². The molecule has 0 amide bonds. The molecule has 0 unspecified atom stereocenters. The van der Waals surface area contributed by atoms with Crippen molar-refractivity contribution in [1.82, 2.24) is 0 Å². The van der Waals surface area contributed by atoms with Gasteiger partial charge in [-0.2, -0.15) is 0 Å². The number of Topliss-reactive ketones (excluding diaryl/α,β-unsaturated/α-hetero) is 1. The summed E-state index contributed by atoms with van der Waals surface area (Å²) in [5.41, 5.74) is 3.23. The van der Waals surface area contributed by atoms with Crippen LogP contribution in [0.5, 0.6) is 0 Å². The molecule has 0 heterocycles. The largest absolute Gasteiger partial charge is 0.294 e. The SMILES string of the molecule is O=C(c1ccccc1)[C@H]1[C@@H](/C=C/c2ccccc2)[C@@H]1c1ccccc1. The maximum absolute atomic E-state index is 13.0. The average Bonchev–Trinajstić information content (AvgIpc) is 3.42. The first-order chi connectivity index (χ1) is 12.3. The van der Waals surface area contributed by atoms with E-state index in [9.17, 15) is 4.79 Å². The molecule has 1 aliphatic carbocycles. The molecule has 0 aliphatic heterocycles. The quantitative estimate of drug-likeness (QED) is 0.557. The number of rotatable bonds is 5. The van der Waals surface area contributed by atoms with Crippen LogP contribution >= 0.6 is 0 Å². The average molecular weight is 324 g/mol. The fourth-order valence-corrected chi connectivity index (χ4v) is 3.60. The molecule has 0 radical (unpaired) electrons. The van der Waals surface area contributed by atoms with Crippen LogP contribution in [0.25, 0.3) is 6.08 Å². The van der Waals surface area contributed by atoms with Crippen LogP contribution in [0.4, 0.5) is 0 Å². The van der Waals surface area contributed by atoms with Crippen LogP contribution in [0.1, 0.15) is 27.4 Å². The third-order valence-electron chi connectivity index (χ3n) is 4.93. The van der Waals surface area contributed by atoms with E-state index in [-0.39, 0.29) is 23.5 Å². The highest BCUT2D eigenvalue weighted by molar-refractivity contribution is 6.01. The van der Waals surface area contributed by atoms with Gasteiger partial charge in [0.05, 0.1) is 0 Å². The Hall–Kier alpha value is -2.93. The van der Waals surface area contributed by atoms with Gasteiger partial charge in [-0.15, -0.1) is 0 Å². The summed E-state index contributed by atoms with van der Waals surface area (Å²) in [6.07, 6.45) is 4.34. The van der Waals surface area contributed by atoms with Crippen LogP contribution in [0.3, 0.4) is 0 Å². The molecule has 1 aliphatic rings. The summed E-state index contributed by atoms with van der Waals surface area (Å²) in [4.78, 5) is 13.0. The number of allylic oxidation sites excluding steroid dienone is 1. The molecule has 0 spiro atoms. The molecule has 1 nitrogen and oxygen atoms in total. The zero-order valence-corrected chi connectivity index (χ0v) is 14.0. The summed E-state index contributed by atoms with van der Waals surface area (Å²) < 4.78 is 0. The Labute approximate surface area is 148 Å². The number of benzene rings is 3. The van der Waals surface area contributed by atoms with Crippen molar-refractivity contribution in [2.24, 2.45) is 11.8 Å². The van der Waals surface area contributed by atoms with Gasteiger partial charge in [0.25, 0.3) is 0 Å². The molecule has 3 atom stereocenters. The number of carbonyl (C=O) groups excluding carboxylic acids is 1. The van der Waals surface area contributed by atoms with Gasteiger partial charge in [-0.25, -0.2) is 0 Å². The van der Waals surface area contributed by atoms with E-state index in [1.807, 2.05) is 54.6 Å². The number of ketones is 1. The van der Waals surface area contributed by atoms with E-state index >= 15 is 0 Å². The van der Waals surface area contributed by atoms with E-state index in [1.54, 1.807) is 0 Å². The van der Waals surface area contributed by atoms with Gasteiger partial charge in [0.2, 0.25) is 0 Å². The molecule has 3 aromatic carbocycles. The lowest BCUT2D eigenvalue weighted by molar-refractivity contribution is 0.0961. The minimum atomic E-state index is 0.0322. The lowest BCUT2D eigenvalue weighted by atomic mass is 10.0. The number of hydrogen-bond donors (Lipinski definition) is 0. The first kappa shape index (κ1) is 15.6. The van der Waals surface area contributed by atoms with Gasteiger partial charge in [0.1, 0.15) is 0 Å². The fourth-order valence-electron chi connectivity index (χ4n) is 3.60. The van der Waals surface area contributed by atoms with Crippen molar-refractivity contribution in [1.29, 1.82) is 0 Å². The summed E-state index contributed by atoms with van der Waals surface area (Å²) in [5.74, 6) is 0.811. The van der Waals surface area contributed by atoms with Gasteiger partial charge in [0.15, 0.2) is 5.78 Å².